The Kier molecular flexibility index (Phi) is 10.2. The van der Waals surface area contributed by atoms with Crippen LogP contribution in [-0.2, 0) is 38.9 Å². The molecule has 0 bridgehead atoms. The number of amides is 1. The molecule has 6 aromatic rings. The number of benzene rings is 4. The minimum atomic E-state index is 0.00257. The summed E-state index contributed by atoms with van der Waals surface area (Å²) in [6.07, 6.45) is 3.32. The van der Waals surface area contributed by atoms with Gasteiger partial charge in [-0.25, -0.2) is 4.98 Å². The smallest absolute Gasteiger partial charge is 0.254 e. The van der Waals surface area contributed by atoms with Crippen molar-refractivity contribution < 1.29 is 4.79 Å². The van der Waals surface area contributed by atoms with Crippen LogP contribution in [0.5, 0.6) is 0 Å². The predicted molar refractivity (Wildman–Crippen MR) is 192 cm³/mol. The molecule has 47 heavy (non-hydrogen) atoms. The lowest BCUT2D eigenvalue weighted by Gasteiger charge is -2.23. The van der Waals surface area contributed by atoms with E-state index in [1.165, 1.54) is 10.4 Å². The predicted octanol–water partition coefficient (Wildman–Crippen LogP) is 6.95. The number of carbonyl (C=O) groups is 1. The number of carbonyl (C=O) groups excluding carboxylic acids is 1. The van der Waals surface area contributed by atoms with E-state index in [1.54, 1.807) is 11.3 Å². The summed E-state index contributed by atoms with van der Waals surface area (Å²) in [6.45, 7) is 2.39. The van der Waals surface area contributed by atoms with E-state index in [9.17, 15) is 4.79 Å². The van der Waals surface area contributed by atoms with Crippen molar-refractivity contribution in [2.45, 2.75) is 45.3 Å². The average Bonchev–Trinajstić information content (AvgIpc) is 3.75. The van der Waals surface area contributed by atoms with Crippen molar-refractivity contribution in [3.63, 3.8) is 0 Å². The molecule has 0 spiro atoms. The molecule has 0 fully saturated rings. The number of imidazole rings is 1. The summed E-state index contributed by atoms with van der Waals surface area (Å²) in [6, 6.07) is 36.6. The van der Waals surface area contributed by atoms with E-state index in [4.69, 9.17) is 21.9 Å². The van der Waals surface area contributed by atoms with Crippen molar-refractivity contribution in [2.24, 2.45) is 11.5 Å². The highest BCUT2D eigenvalue weighted by Gasteiger charge is 2.19. The van der Waals surface area contributed by atoms with Gasteiger partial charge in [0.1, 0.15) is 11.7 Å². The second-order valence-corrected chi connectivity index (χ2v) is 12.9. The van der Waals surface area contributed by atoms with Gasteiger partial charge < -0.3 is 20.9 Å². The Balaban J connectivity index is 1.26. The van der Waals surface area contributed by atoms with E-state index in [1.807, 2.05) is 65.6 Å². The Labute approximate surface area is 280 Å². The van der Waals surface area contributed by atoms with Crippen LogP contribution in [0.4, 0.5) is 0 Å². The normalized spacial score (nSPS) is 11.2. The van der Waals surface area contributed by atoms with Crippen molar-refractivity contribution in [3.05, 3.63) is 159 Å². The Morgan fingerprint density at radius 1 is 0.787 bits per heavy atom. The molecule has 0 atom stereocenters. The minimum absolute atomic E-state index is 0.00257. The van der Waals surface area contributed by atoms with Crippen LogP contribution in [0.1, 0.15) is 55.3 Å². The maximum absolute atomic E-state index is 14.1. The molecule has 1 amide bonds. The van der Waals surface area contributed by atoms with Gasteiger partial charge in [-0.15, -0.1) is 11.3 Å². The van der Waals surface area contributed by atoms with Crippen LogP contribution in [0.15, 0.2) is 115 Å². The lowest BCUT2D eigenvalue weighted by Crippen LogP contribution is -2.31. The van der Waals surface area contributed by atoms with E-state index in [0.717, 1.165) is 71.3 Å². The van der Waals surface area contributed by atoms with Crippen molar-refractivity contribution >= 4 is 34.1 Å². The molecule has 0 aliphatic rings. The molecule has 0 aliphatic carbocycles. The molecule has 0 aliphatic heterocycles. The molecule has 5 N–H and O–H groups in total. The molecule has 7 nitrogen and oxygen atoms in total. The molecule has 238 valence electrons. The lowest BCUT2D eigenvalue weighted by atomic mass is 10.1. The molecule has 0 saturated heterocycles. The van der Waals surface area contributed by atoms with Gasteiger partial charge in [0.2, 0.25) is 0 Å². The topological polar surface area (TPSA) is 114 Å². The Morgan fingerprint density at radius 2 is 1.49 bits per heavy atom. The number of amidine groups is 1. The van der Waals surface area contributed by atoms with Crippen molar-refractivity contribution in [1.29, 1.82) is 5.41 Å². The maximum Gasteiger partial charge on any atom is 0.254 e. The molecule has 8 heteroatoms. The largest absolute Gasteiger partial charge is 0.384 e. The van der Waals surface area contributed by atoms with Gasteiger partial charge in [-0.3, -0.25) is 10.2 Å². The molecular weight excluding hydrogens is 601 g/mol. The molecule has 2 heterocycles. The number of rotatable bonds is 14. The fraction of sp³-hybridized carbons (Fsp3) is 0.205. The quantitative estimate of drug-likeness (QED) is 0.0883. The summed E-state index contributed by atoms with van der Waals surface area (Å²) < 4.78 is 2.27. The molecule has 0 radical (unpaired) electrons. The Bertz CT molecular complexity index is 1930. The highest BCUT2D eigenvalue weighted by molar-refractivity contribution is 7.09. The second kappa shape index (κ2) is 15.0. The van der Waals surface area contributed by atoms with Gasteiger partial charge >= 0.3 is 0 Å². The summed E-state index contributed by atoms with van der Waals surface area (Å²) in [4.78, 5) is 22.4. The molecule has 4 aromatic carbocycles. The van der Waals surface area contributed by atoms with Crippen molar-refractivity contribution in [3.8, 4) is 0 Å². The highest BCUT2D eigenvalue weighted by atomic mass is 32.1. The third kappa shape index (κ3) is 8.03. The van der Waals surface area contributed by atoms with E-state index in [-0.39, 0.29) is 11.7 Å². The monoisotopic (exact) mass is 640 g/mol. The molecule has 0 unspecified atom stereocenters. The summed E-state index contributed by atoms with van der Waals surface area (Å²) >= 11 is 1.73. The molecule has 0 saturated carbocycles. The van der Waals surface area contributed by atoms with Crippen LogP contribution < -0.4 is 11.5 Å². The lowest BCUT2D eigenvalue weighted by molar-refractivity contribution is 0.0741. The average molecular weight is 641 g/mol. The third-order valence-corrected chi connectivity index (χ3v) is 9.39. The molecular formula is C39H40N6OS. The summed E-state index contributed by atoms with van der Waals surface area (Å²) in [7, 11) is 0. The highest BCUT2D eigenvalue weighted by Crippen LogP contribution is 2.24. The maximum atomic E-state index is 14.1. The number of fused-ring (bicyclic) bond motifs is 1. The van der Waals surface area contributed by atoms with Crippen LogP contribution >= 0.6 is 11.3 Å². The number of nitrogens with two attached hydrogens (primary N) is 2. The number of nitrogen functional groups attached to an aromatic ring is 1. The Hall–Kier alpha value is -5.05. The van der Waals surface area contributed by atoms with E-state index in [2.05, 4.69) is 58.5 Å². The van der Waals surface area contributed by atoms with Gasteiger partial charge in [0, 0.05) is 42.1 Å². The van der Waals surface area contributed by atoms with Crippen LogP contribution in [0.2, 0.25) is 0 Å². The standard InChI is InChI=1S/C39H40N6OS/c40-25-30-10-12-31(13-11-30)26-44(22-4-8-28-6-2-1-3-7-28)39(46)33-19-20-36-35(24-33)43-37(45(36)27-34-9-5-23-47-34)21-16-29-14-17-32(18-15-29)38(41)42/h1-3,5-7,9-15,17-20,23-24H,4,8,16,21-22,25-27,40H2,(H3,41,42). The van der Waals surface area contributed by atoms with Gasteiger partial charge in [0.15, 0.2) is 0 Å². The van der Waals surface area contributed by atoms with Gasteiger partial charge in [0.25, 0.3) is 5.91 Å². The number of hydrogen-bond acceptors (Lipinski definition) is 5. The summed E-state index contributed by atoms with van der Waals surface area (Å²) in [5.41, 5.74) is 19.3. The minimum Gasteiger partial charge on any atom is -0.384 e. The zero-order valence-corrected chi connectivity index (χ0v) is 27.3. The zero-order valence-electron chi connectivity index (χ0n) is 26.4. The number of hydrogen-bond donors (Lipinski definition) is 3. The van der Waals surface area contributed by atoms with E-state index < -0.39 is 0 Å². The first-order chi connectivity index (χ1) is 23.0. The number of aryl methyl sites for hydroxylation is 3. The fourth-order valence-electron chi connectivity index (χ4n) is 5.90. The first kappa shape index (κ1) is 31.9. The van der Waals surface area contributed by atoms with Gasteiger partial charge in [-0.2, -0.15) is 0 Å². The molecule has 6 rings (SSSR count). The first-order valence-electron chi connectivity index (χ1n) is 16.0. The SMILES string of the molecule is N=C(N)c1ccc(CCc2nc3cc(C(=O)N(CCCc4ccccc4)Cc4ccc(CN)cc4)ccc3n2Cc2cccs2)cc1. The molecule has 2 aromatic heterocycles. The third-order valence-electron chi connectivity index (χ3n) is 8.53. The van der Waals surface area contributed by atoms with Crippen LogP contribution in [0, 0.1) is 5.41 Å². The number of thiophene rings is 1. The number of nitrogens with one attached hydrogen (secondary N) is 1. The van der Waals surface area contributed by atoms with E-state index in [0.29, 0.717) is 25.2 Å². The van der Waals surface area contributed by atoms with Crippen molar-refractivity contribution in [2.75, 3.05) is 6.54 Å². The zero-order chi connectivity index (χ0) is 32.6. The van der Waals surface area contributed by atoms with Gasteiger partial charge in [-0.1, -0.05) is 84.9 Å². The van der Waals surface area contributed by atoms with Crippen LogP contribution in [0.3, 0.4) is 0 Å². The summed E-state index contributed by atoms with van der Waals surface area (Å²) in [5, 5.41) is 9.77. The fourth-order valence-corrected chi connectivity index (χ4v) is 6.59. The van der Waals surface area contributed by atoms with Crippen molar-refractivity contribution in [1.82, 2.24) is 14.5 Å². The van der Waals surface area contributed by atoms with Crippen LogP contribution in [0.25, 0.3) is 11.0 Å². The number of aromatic nitrogens is 2. The summed E-state index contributed by atoms with van der Waals surface area (Å²) in [5.74, 6) is 1.05. The first-order valence-corrected chi connectivity index (χ1v) is 16.9. The van der Waals surface area contributed by atoms with Gasteiger partial charge in [-0.05, 0) is 71.2 Å². The van der Waals surface area contributed by atoms with Gasteiger partial charge in [0.05, 0.1) is 17.6 Å². The number of nitrogens with zero attached hydrogens (tertiary/aromatic N) is 3. The second-order valence-electron chi connectivity index (χ2n) is 11.8. The Morgan fingerprint density at radius 3 is 2.19 bits per heavy atom. The van der Waals surface area contributed by atoms with E-state index >= 15 is 0 Å². The van der Waals surface area contributed by atoms with Crippen LogP contribution in [-0.4, -0.2) is 32.7 Å².